The number of hydrogen-bond donors (Lipinski definition) is 2. The number of phenolic OH excluding ortho intramolecular Hbond substituents is 1. The number of phenols is 1. The van der Waals surface area contributed by atoms with Crippen LogP contribution in [0.1, 0.15) is 5.56 Å². The van der Waals surface area contributed by atoms with Gasteiger partial charge in [0.25, 0.3) is 5.91 Å². The number of benzene rings is 2. The van der Waals surface area contributed by atoms with Gasteiger partial charge in [-0.1, -0.05) is 15.9 Å². The zero-order valence-corrected chi connectivity index (χ0v) is 14.1. The van der Waals surface area contributed by atoms with Crippen molar-refractivity contribution in [1.82, 2.24) is 0 Å². The van der Waals surface area contributed by atoms with Crippen LogP contribution in [0.5, 0.6) is 11.5 Å². The Labute approximate surface area is 146 Å². The van der Waals surface area contributed by atoms with E-state index in [0.717, 1.165) is 0 Å². The first kappa shape index (κ1) is 17.5. The lowest BCUT2D eigenvalue weighted by molar-refractivity contribution is -0.112. The normalized spacial score (nSPS) is 10.8. The number of ether oxygens (including phenoxy) is 1. The third-order valence-corrected chi connectivity index (χ3v) is 3.75. The minimum atomic E-state index is -0.636. The highest BCUT2D eigenvalue weighted by atomic mass is 79.9. The number of halogens is 2. The average Bonchev–Trinajstić information content (AvgIpc) is 2.56. The number of nitrogens with one attached hydrogen (secondary N) is 1. The molecule has 122 valence electrons. The molecule has 0 aliphatic rings. The van der Waals surface area contributed by atoms with Crippen molar-refractivity contribution in [3.05, 3.63) is 57.8 Å². The summed E-state index contributed by atoms with van der Waals surface area (Å²) in [5.41, 5.74) is 0.688. The summed E-state index contributed by atoms with van der Waals surface area (Å²) in [7, 11) is 1.39. The Hall–Kier alpha value is -2.85. The summed E-state index contributed by atoms with van der Waals surface area (Å²) >= 11 is 3.25. The van der Waals surface area contributed by atoms with Gasteiger partial charge in [-0.05, 0) is 48.0 Å². The molecule has 7 heteroatoms. The van der Waals surface area contributed by atoms with Crippen LogP contribution in [-0.4, -0.2) is 18.1 Å². The van der Waals surface area contributed by atoms with Gasteiger partial charge >= 0.3 is 0 Å². The van der Waals surface area contributed by atoms with E-state index < -0.39 is 11.7 Å². The summed E-state index contributed by atoms with van der Waals surface area (Å²) in [6.07, 6.45) is 1.35. The van der Waals surface area contributed by atoms with E-state index in [0.29, 0.717) is 15.7 Å². The summed E-state index contributed by atoms with van der Waals surface area (Å²) in [4.78, 5) is 12.2. The highest BCUT2D eigenvalue weighted by molar-refractivity contribution is 9.10. The zero-order valence-electron chi connectivity index (χ0n) is 12.5. The summed E-state index contributed by atoms with van der Waals surface area (Å²) in [6, 6.07) is 9.88. The van der Waals surface area contributed by atoms with Crippen LogP contribution in [0, 0.1) is 17.1 Å². The lowest BCUT2D eigenvalue weighted by atomic mass is 10.1. The van der Waals surface area contributed by atoms with Crippen LogP contribution in [0.2, 0.25) is 0 Å². The summed E-state index contributed by atoms with van der Waals surface area (Å²) < 4.78 is 18.4. The SMILES string of the molecule is COc1cc(/C=C(/C#N)C(=O)Nc2ccc(F)cc2)c(Br)cc1O. The summed E-state index contributed by atoms with van der Waals surface area (Å²) in [6.45, 7) is 0. The monoisotopic (exact) mass is 390 g/mol. The second-order valence-electron chi connectivity index (χ2n) is 4.68. The molecule has 2 aromatic rings. The van der Waals surface area contributed by atoms with Crippen LogP contribution in [-0.2, 0) is 4.79 Å². The Morgan fingerprint density at radius 1 is 1.38 bits per heavy atom. The van der Waals surface area contributed by atoms with Crippen LogP contribution in [0.15, 0.2) is 46.4 Å². The number of carbonyl (C=O) groups excluding carboxylic acids is 1. The van der Waals surface area contributed by atoms with E-state index in [4.69, 9.17) is 4.74 Å². The van der Waals surface area contributed by atoms with E-state index in [-0.39, 0.29) is 17.1 Å². The largest absolute Gasteiger partial charge is 0.504 e. The van der Waals surface area contributed by atoms with Crippen molar-refractivity contribution in [3.8, 4) is 17.6 Å². The molecule has 5 nitrogen and oxygen atoms in total. The van der Waals surface area contributed by atoms with E-state index in [1.165, 1.54) is 49.6 Å². The molecule has 0 aliphatic heterocycles. The van der Waals surface area contributed by atoms with E-state index >= 15 is 0 Å². The highest BCUT2D eigenvalue weighted by Gasteiger charge is 2.12. The topological polar surface area (TPSA) is 82.3 Å². The first-order valence-electron chi connectivity index (χ1n) is 6.70. The van der Waals surface area contributed by atoms with Crippen molar-refractivity contribution in [2.45, 2.75) is 0 Å². The van der Waals surface area contributed by atoms with Crippen molar-refractivity contribution >= 4 is 33.6 Å². The van der Waals surface area contributed by atoms with Gasteiger partial charge in [0.05, 0.1) is 7.11 Å². The van der Waals surface area contributed by atoms with Gasteiger partial charge in [0.15, 0.2) is 11.5 Å². The number of anilines is 1. The third-order valence-electron chi connectivity index (χ3n) is 3.07. The second-order valence-corrected chi connectivity index (χ2v) is 5.53. The number of carbonyl (C=O) groups is 1. The third kappa shape index (κ3) is 4.12. The Kier molecular flexibility index (Phi) is 5.55. The van der Waals surface area contributed by atoms with Gasteiger partial charge in [-0.2, -0.15) is 5.26 Å². The average molecular weight is 391 g/mol. The molecule has 2 aromatic carbocycles. The molecule has 0 fully saturated rings. The molecule has 2 rings (SSSR count). The lowest BCUT2D eigenvalue weighted by Gasteiger charge is -2.08. The van der Waals surface area contributed by atoms with Crippen molar-refractivity contribution < 1.29 is 19.0 Å². The van der Waals surface area contributed by atoms with Gasteiger partial charge in [-0.3, -0.25) is 4.79 Å². The Morgan fingerprint density at radius 2 is 2.04 bits per heavy atom. The van der Waals surface area contributed by atoms with Crippen molar-refractivity contribution in [2.24, 2.45) is 0 Å². The van der Waals surface area contributed by atoms with Crippen molar-refractivity contribution in [2.75, 3.05) is 12.4 Å². The fourth-order valence-corrected chi connectivity index (χ4v) is 2.31. The molecule has 1 amide bonds. The molecule has 0 unspecified atom stereocenters. The molecular weight excluding hydrogens is 379 g/mol. The van der Waals surface area contributed by atoms with Gasteiger partial charge in [0, 0.05) is 10.2 Å². The molecule has 0 aromatic heterocycles. The molecule has 0 saturated carbocycles. The van der Waals surface area contributed by atoms with Gasteiger partial charge in [0.2, 0.25) is 0 Å². The Bertz CT molecular complexity index is 842. The molecule has 0 radical (unpaired) electrons. The number of methoxy groups -OCH3 is 1. The molecule has 2 N–H and O–H groups in total. The maximum absolute atomic E-state index is 12.9. The summed E-state index contributed by atoms with van der Waals surface area (Å²) in [5, 5.41) is 21.4. The van der Waals surface area contributed by atoms with Crippen LogP contribution in [0.25, 0.3) is 6.08 Å². The predicted molar refractivity (Wildman–Crippen MR) is 91.0 cm³/mol. The number of amides is 1. The predicted octanol–water partition coefficient (Wildman–Crippen LogP) is 3.85. The Balaban J connectivity index is 2.30. The molecule has 0 atom stereocenters. The quantitative estimate of drug-likeness (QED) is 0.613. The summed E-state index contributed by atoms with van der Waals surface area (Å²) in [5.74, 6) is -0.927. The molecule has 0 aliphatic carbocycles. The first-order valence-corrected chi connectivity index (χ1v) is 7.49. The van der Waals surface area contributed by atoms with Crippen molar-refractivity contribution in [3.63, 3.8) is 0 Å². The number of nitrogens with zero attached hydrogens (tertiary/aromatic N) is 1. The fraction of sp³-hybridized carbons (Fsp3) is 0.0588. The highest BCUT2D eigenvalue weighted by Crippen LogP contribution is 2.33. The minimum Gasteiger partial charge on any atom is -0.504 e. The molecule has 0 bridgehead atoms. The maximum atomic E-state index is 12.9. The number of aromatic hydroxyl groups is 1. The standard InChI is InChI=1S/C17H12BrFN2O3/c1-24-16-7-10(14(18)8-15(16)22)6-11(9-20)17(23)21-13-4-2-12(19)3-5-13/h2-8,22H,1H3,(H,21,23)/b11-6-. The van der Waals surface area contributed by atoms with E-state index in [9.17, 15) is 19.6 Å². The smallest absolute Gasteiger partial charge is 0.266 e. The van der Waals surface area contributed by atoms with E-state index in [2.05, 4.69) is 21.2 Å². The molecular formula is C17H12BrFN2O3. The van der Waals surface area contributed by atoms with Gasteiger partial charge in [0.1, 0.15) is 17.5 Å². The maximum Gasteiger partial charge on any atom is 0.266 e. The van der Waals surface area contributed by atoms with Crippen LogP contribution >= 0.6 is 15.9 Å². The molecule has 0 saturated heterocycles. The zero-order chi connectivity index (χ0) is 17.7. The van der Waals surface area contributed by atoms with Crippen LogP contribution < -0.4 is 10.1 Å². The van der Waals surface area contributed by atoms with Gasteiger partial charge in [-0.15, -0.1) is 0 Å². The first-order chi connectivity index (χ1) is 11.4. The molecule has 0 spiro atoms. The second kappa shape index (κ2) is 7.62. The van der Waals surface area contributed by atoms with E-state index in [1.54, 1.807) is 0 Å². The van der Waals surface area contributed by atoms with E-state index in [1.807, 2.05) is 6.07 Å². The number of hydrogen-bond acceptors (Lipinski definition) is 4. The number of nitriles is 1. The molecule has 24 heavy (non-hydrogen) atoms. The van der Waals surface area contributed by atoms with Gasteiger partial charge in [-0.25, -0.2) is 4.39 Å². The Morgan fingerprint density at radius 3 is 2.62 bits per heavy atom. The van der Waals surface area contributed by atoms with Crippen LogP contribution in [0.4, 0.5) is 10.1 Å². The lowest BCUT2D eigenvalue weighted by Crippen LogP contribution is -2.13. The molecule has 0 heterocycles. The number of rotatable bonds is 4. The van der Waals surface area contributed by atoms with Crippen molar-refractivity contribution in [1.29, 1.82) is 5.26 Å². The van der Waals surface area contributed by atoms with Crippen LogP contribution in [0.3, 0.4) is 0 Å². The minimum absolute atomic E-state index is 0.0733. The fourth-order valence-electron chi connectivity index (χ4n) is 1.87. The van der Waals surface area contributed by atoms with Gasteiger partial charge < -0.3 is 15.2 Å².